The van der Waals surface area contributed by atoms with Gasteiger partial charge in [0.2, 0.25) is 0 Å². The monoisotopic (exact) mass is 323 g/mol. The molecule has 0 atom stereocenters. The van der Waals surface area contributed by atoms with Crippen molar-refractivity contribution in [1.29, 1.82) is 0 Å². The Labute approximate surface area is 126 Å². The van der Waals surface area contributed by atoms with Crippen LogP contribution in [-0.4, -0.2) is 6.04 Å². The molecular weight excluding hydrogens is 298 g/mol. The maximum atomic E-state index is 3.73. The van der Waals surface area contributed by atoms with E-state index in [9.17, 15) is 0 Å². The van der Waals surface area contributed by atoms with Crippen LogP contribution in [-0.2, 0) is 6.54 Å². The number of aryl methyl sites for hydroxylation is 1. The molecule has 0 spiro atoms. The van der Waals surface area contributed by atoms with Crippen molar-refractivity contribution < 1.29 is 0 Å². The van der Waals surface area contributed by atoms with Crippen molar-refractivity contribution in [1.82, 2.24) is 5.32 Å². The van der Waals surface area contributed by atoms with E-state index in [2.05, 4.69) is 53.3 Å². The first kappa shape index (κ1) is 15.1. The topological polar surface area (TPSA) is 12.0 Å². The number of nitrogens with one attached hydrogen (secondary N) is 1. The van der Waals surface area contributed by atoms with E-state index in [1.807, 2.05) is 0 Å². The molecule has 0 radical (unpaired) electrons. The van der Waals surface area contributed by atoms with Crippen molar-refractivity contribution in [3.05, 3.63) is 33.8 Å². The SMILES string of the molecule is CCCC1CCC(NCc2ccc(C)c(Br)c2)CC1. The molecule has 0 bridgehead atoms. The summed E-state index contributed by atoms with van der Waals surface area (Å²) < 4.78 is 1.22. The molecular formula is C17H26BrN. The summed E-state index contributed by atoms with van der Waals surface area (Å²) in [6.45, 7) is 5.44. The zero-order valence-corrected chi connectivity index (χ0v) is 13.8. The van der Waals surface area contributed by atoms with Crippen molar-refractivity contribution in [2.75, 3.05) is 0 Å². The number of hydrogen-bond donors (Lipinski definition) is 1. The van der Waals surface area contributed by atoms with Crippen LogP contribution in [0.2, 0.25) is 0 Å². The highest BCUT2D eigenvalue weighted by Crippen LogP contribution is 2.28. The second-order valence-electron chi connectivity index (χ2n) is 5.97. The van der Waals surface area contributed by atoms with E-state index >= 15 is 0 Å². The lowest BCUT2D eigenvalue weighted by atomic mass is 9.83. The Hall–Kier alpha value is -0.340. The molecule has 0 heterocycles. The van der Waals surface area contributed by atoms with Crippen molar-refractivity contribution in [3.8, 4) is 0 Å². The molecule has 0 unspecified atom stereocenters. The molecule has 2 heteroatoms. The average molecular weight is 324 g/mol. The number of benzene rings is 1. The van der Waals surface area contributed by atoms with Gasteiger partial charge in [-0.05, 0) is 55.7 Å². The first-order chi connectivity index (χ1) is 9.19. The fraction of sp³-hybridized carbons (Fsp3) is 0.647. The van der Waals surface area contributed by atoms with E-state index in [0.29, 0.717) is 0 Å². The highest BCUT2D eigenvalue weighted by atomic mass is 79.9. The molecule has 0 aromatic heterocycles. The number of halogens is 1. The summed E-state index contributed by atoms with van der Waals surface area (Å²) in [6, 6.07) is 7.40. The fourth-order valence-corrected chi connectivity index (χ4v) is 3.50. The molecule has 1 aliphatic carbocycles. The smallest absolute Gasteiger partial charge is 0.0208 e. The third-order valence-electron chi connectivity index (χ3n) is 4.37. The van der Waals surface area contributed by atoms with E-state index in [4.69, 9.17) is 0 Å². The van der Waals surface area contributed by atoms with Gasteiger partial charge in [0.1, 0.15) is 0 Å². The van der Waals surface area contributed by atoms with Gasteiger partial charge in [0, 0.05) is 17.1 Å². The number of rotatable bonds is 5. The van der Waals surface area contributed by atoms with Gasteiger partial charge in [0.15, 0.2) is 0 Å². The Morgan fingerprint density at radius 1 is 1.21 bits per heavy atom. The fourth-order valence-electron chi connectivity index (χ4n) is 3.07. The summed E-state index contributed by atoms with van der Waals surface area (Å²) in [5, 5.41) is 3.73. The van der Waals surface area contributed by atoms with Crippen molar-refractivity contribution in [3.63, 3.8) is 0 Å². The molecule has 19 heavy (non-hydrogen) atoms. The maximum absolute atomic E-state index is 3.73. The van der Waals surface area contributed by atoms with Gasteiger partial charge in [0.25, 0.3) is 0 Å². The minimum absolute atomic E-state index is 0.730. The molecule has 1 fully saturated rings. The molecule has 1 aliphatic rings. The highest BCUT2D eigenvalue weighted by molar-refractivity contribution is 9.10. The normalized spacial score (nSPS) is 23.5. The summed E-state index contributed by atoms with van der Waals surface area (Å²) in [6.07, 6.45) is 8.33. The lowest BCUT2D eigenvalue weighted by Gasteiger charge is -2.29. The molecule has 1 N–H and O–H groups in total. The largest absolute Gasteiger partial charge is 0.310 e. The van der Waals surface area contributed by atoms with Gasteiger partial charge < -0.3 is 5.32 Å². The van der Waals surface area contributed by atoms with E-state index < -0.39 is 0 Å². The molecule has 1 aromatic rings. The van der Waals surface area contributed by atoms with Gasteiger partial charge in [-0.25, -0.2) is 0 Å². The minimum atomic E-state index is 0.730. The van der Waals surface area contributed by atoms with Gasteiger partial charge in [-0.15, -0.1) is 0 Å². The van der Waals surface area contributed by atoms with Crippen molar-refractivity contribution >= 4 is 15.9 Å². The first-order valence-corrected chi connectivity index (χ1v) is 8.46. The van der Waals surface area contributed by atoms with E-state index in [0.717, 1.165) is 18.5 Å². The lowest BCUT2D eigenvalue weighted by molar-refractivity contribution is 0.277. The van der Waals surface area contributed by atoms with Crippen molar-refractivity contribution in [2.24, 2.45) is 5.92 Å². The van der Waals surface area contributed by atoms with Gasteiger partial charge in [0.05, 0.1) is 0 Å². The molecule has 1 nitrogen and oxygen atoms in total. The molecule has 0 amide bonds. The zero-order valence-electron chi connectivity index (χ0n) is 12.2. The van der Waals surface area contributed by atoms with Crippen LogP contribution in [0.15, 0.2) is 22.7 Å². The van der Waals surface area contributed by atoms with Gasteiger partial charge in [-0.3, -0.25) is 0 Å². The van der Waals surface area contributed by atoms with Crippen LogP contribution in [0.1, 0.15) is 56.6 Å². The van der Waals surface area contributed by atoms with Crippen LogP contribution in [0.4, 0.5) is 0 Å². The molecule has 1 saturated carbocycles. The van der Waals surface area contributed by atoms with Gasteiger partial charge in [-0.2, -0.15) is 0 Å². The molecule has 106 valence electrons. The van der Waals surface area contributed by atoms with Crippen LogP contribution in [0.5, 0.6) is 0 Å². The van der Waals surface area contributed by atoms with Gasteiger partial charge >= 0.3 is 0 Å². The second kappa shape index (κ2) is 7.44. The standard InChI is InChI=1S/C17H26BrN/c1-3-4-14-7-9-16(10-8-14)19-12-15-6-5-13(2)17(18)11-15/h5-6,11,14,16,19H,3-4,7-10,12H2,1-2H3. The van der Waals surface area contributed by atoms with E-state index in [1.54, 1.807) is 0 Å². The predicted molar refractivity (Wildman–Crippen MR) is 86.4 cm³/mol. The molecule has 0 saturated heterocycles. The molecule has 1 aromatic carbocycles. The van der Waals surface area contributed by atoms with Crippen LogP contribution in [0.3, 0.4) is 0 Å². The Morgan fingerprint density at radius 2 is 1.95 bits per heavy atom. The Morgan fingerprint density at radius 3 is 2.58 bits per heavy atom. The van der Waals surface area contributed by atoms with E-state index in [-0.39, 0.29) is 0 Å². The lowest BCUT2D eigenvalue weighted by Crippen LogP contribution is -2.32. The summed E-state index contributed by atoms with van der Waals surface area (Å²) >= 11 is 3.61. The zero-order chi connectivity index (χ0) is 13.7. The third-order valence-corrected chi connectivity index (χ3v) is 5.23. The summed E-state index contributed by atoms with van der Waals surface area (Å²) in [5.74, 6) is 0.997. The average Bonchev–Trinajstić information content (AvgIpc) is 2.42. The van der Waals surface area contributed by atoms with E-state index in [1.165, 1.54) is 54.1 Å². The quantitative estimate of drug-likeness (QED) is 0.784. The highest BCUT2D eigenvalue weighted by Gasteiger charge is 2.19. The van der Waals surface area contributed by atoms with Crippen LogP contribution in [0, 0.1) is 12.8 Å². The Kier molecular flexibility index (Phi) is 5.90. The first-order valence-electron chi connectivity index (χ1n) is 7.67. The van der Waals surface area contributed by atoms with Gasteiger partial charge in [-0.1, -0.05) is 47.8 Å². The van der Waals surface area contributed by atoms with Crippen LogP contribution >= 0.6 is 15.9 Å². The minimum Gasteiger partial charge on any atom is -0.310 e. The Balaban J connectivity index is 1.75. The molecule has 2 rings (SSSR count). The Bertz CT molecular complexity index is 394. The second-order valence-corrected chi connectivity index (χ2v) is 6.83. The third kappa shape index (κ3) is 4.61. The summed E-state index contributed by atoms with van der Waals surface area (Å²) in [7, 11) is 0. The summed E-state index contributed by atoms with van der Waals surface area (Å²) in [4.78, 5) is 0. The maximum Gasteiger partial charge on any atom is 0.0208 e. The predicted octanol–water partition coefficient (Wildman–Crippen LogP) is 5.21. The number of hydrogen-bond acceptors (Lipinski definition) is 1. The molecule has 0 aliphatic heterocycles. The van der Waals surface area contributed by atoms with Crippen molar-refractivity contribution in [2.45, 2.75) is 65.0 Å². The van der Waals surface area contributed by atoms with Crippen LogP contribution < -0.4 is 5.32 Å². The summed E-state index contributed by atoms with van der Waals surface area (Å²) in [5.41, 5.74) is 2.69. The van der Waals surface area contributed by atoms with Crippen LogP contribution in [0.25, 0.3) is 0 Å².